The standard InChI is InChI=1S/C18H23NO3/c1-11-4-15(18(20)21)9-19(8-11)10-16-7-14-5-12(2)13(3)6-17(14)22-16/h5-7,11,15H,4,8-10H2,1-3H3,(H,20,21). The second-order valence-corrected chi connectivity index (χ2v) is 6.76. The molecule has 0 aliphatic carbocycles. The Bertz CT molecular complexity index is 665. The van der Waals surface area contributed by atoms with Crippen LogP contribution < -0.4 is 0 Å². The van der Waals surface area contributed by atoms with E-state index in [1.165, 1.54) is 11.1 Å². The highest BCUT2D eigenvalue weighted by Gasteiger charge is 2.29. The van der Waals surface area contributed by atoms with Gasteiger partial charge in [0.25, 0.3) is 0 Å². The third-order valence-corrected chi connectivity index (χ3v) is 4.65. The molecule has 3 rings (SSSR count). The lowest BCUT2D eigenvalue weighted by Crippen LogP contribution is -2.41. The van der Waals surface area contributed by atoms with Gasteiger partial charge in [-0.3, -0.25) is 9.69 Å². The molecule has 22 heavy (non-hydrogen) atoms. The molecule has 0 spiro atoms. The Balaban J connectivity index is 1.79. The van der Waals surface area contributed by atoms with Gasteiger partial charge in [0, 0.05) is 18.5 Å². The van der Waals surface area contributed by atoms with Crippen molar-refractivity contribution in [1.29, 1.82) is 0 Å². The molecule has 2 atom stereocenters. The Morgan fingerprint density at radius 1 is 1.27 bits per heavy atom. The fourth-order valence-electron chi connectivity index (χ4n) is 3.43. The van der Waals surface area contributed by atoms with E-state index in [-0.39, 0.29) is 5.92 Å². The Morgan fingerprint density at radius 3 is 2.73 bits per heavy atom. The molecule has 1 aromatic carbocycles. The number of furan rings is 1. The largest absolute Gasteiger partial charge is 0.481 e. The number of fused-ring (bicyclic) bond motifs is 1. The molecule has 1 N–H and O–H groups in total. The van der Waals surface area contributed by atoms with Crippen LogP contribution in [-0.2, 0) is 11.3 Å². The first-order chi connectivity index (χ1) is 10.4. The summed E-state index contributed by atoms with van der Waals surface area (Å²) in [4.78, 5) is 13.5. The van der Waals surface area contributed by atoms with E-state index in [0.717, 1.165) is 29.7 Å². The van der Waals surface area contributed by atoms with Crippen molar-refractivity contribution in [3.8, 4) is 0 Å². The fourth-order valence-corrected chi connectivity index (χ4v) is 3.43. The van der Waals surface area contributed by atoms with E-state index in [1.54, 1.807) is 0 Å². The lowest BCUT2D eigenvalue weighted by Gasteiger charge is -2.33. The number of benzene rings is 1. The van der Waals surface area contributed by atoms with Crippen LogP contribution in [0, 0.1) is 25.7 Å². The van der Waals surface area contributed by atoms with Gasteiger partial charge in [0.1, 0.15) is 11.3 Å². The SMILES string of the molecule is Cc1cc2cc(CN3CC(C)CC(C(=O)O)C3)oc2cc1C. The fraction of sp³-hybridized carbons (Fsp3) is 0.500. The lowest BCUT2D eigenvalue weighted by molar-refractivity contribution is -0.144. The average Bonchev–Trinajstić information content (AvgIpc) is 2.79. The van der Waals surface area contributed by atoms with E-state index >= 15 is 0 Å². The minimum Gasteiger partial charge on any atom is -0.481 e. The van der Waals surface area contributed by atoms with Gasteiger partial charge in [-0.2, -0.15) is 0 Å². The lowest BCUT2D eigenvalue weighted by atomic mass is 9.90. The molecule has 0 saturated carbocycles. The van der Waals surface area contributed by atoms with Gasteiger partial charge in [0.2, 0.25) is 0 Å². The molecule has 1 aliphatic rings. The number of likely N-dealkylation sites (tertiary alicyclic amines) is 1. The number of aliphatic carboxylic acids is 1. The summed E-state index contributed by atoms with van der Waals surface area (Å²) in [6.07, 6.45) is 0.768. The van der Waals surface area contributed by atoms with Crippen LogP contribution in [0.2, 0.25) is 0 Å². The maximum atomic E-state index is 11.3. The number of rotatable bonds is 3. The van der Waals surface area contributed by atoms with Crippen LogP contribution in [0.5, 0.6) is 0 Å². The Hall–Kier alpha value is -1.81. The van der Waals surface area contributed by atoms with Crippen molar-refractivity contribution in [3.05, 3.63) is 35.1 Å². The number of nitrogens with zero attached hydrogens (tertiary/aromatic N) is 1. The zero-order valence-electron chi connectivity index (χ0n) is 13.4. The van der Waals surface area contributed by atoms with Crippen molar-refractivity contribution < 1.29 is 14.3 Å². The summed E-state index contributed by atoms with van der Waals surface area (Å²) in [5.74, 6) is 0.368. The van der Waals surface area contributed by atoms with Crippen molar-refractivity contribution >= 4 is 16.9 Å². The maximum absolute atomic E-state index is 11.3. The maximum Gasteiger partial charge on any atom is 0.307 e. The van der Waals surface area contributed by atoms with Crippen LogP contribution >= 0.6 is 0 Å². The van der Waals surface area contributed by atoms with Gasteiger partial charge in [0.05, 0.1) is 12.5 Å². The Labute approximate surface area is 130 Å². The van der Waals surface area contributed by atoms with Gasteiger partial charge in [-0.05, 0) is 55.5 Å². The van der Waals surface area contributed by atoms with Gasteiger partial charge >= 0.3 is 5.97 Å². The predicted molar refractivity (Wildman–Crippen MR) is 85.9 cm³/mol. The molecule has 1 fully saturated rings. The van der Waals surface area contributed by atoms with Crippen molar-refractivity contribution in [1.82, 2.24) is 4.90 Å². The van der Waals surface area contributed by atoms with Crippen LogP contribution in [0.4, 0.5) is 0 Å². The molecule has 1 aliphatic heterocycles. The van der Waals surface area contributed by atoms with Crippen molar-refractivity contribution in [2.45, 2.75) is 33.7 Å². The molecule has 2 aromatic rings. The zero-order chi connectivity index (χ0) is 15.9. The third kappa shape index (κ3) is 3.02. The molecular formula is C18H23NO3. The van der Waals surface area contributed by atoms with Crippen LogP contribution in [0.15, 0.2) is 22.6 Å². The summed E-state index contributed by atoms with van der Waals surface area (Å²) in [6, 6.07) is 6.31. The second-order valence-electron chi connectivity index (χ2n) is 6.76. The minimum atomic E-state index is -0.688. The van der Waals surface area contributed by atoms with Crippen LogP contribution in [0.25, 0.3) is 11.0 Å². The monoisotopic (exact) mass is 301 g/mol. The van der Waals surface area contributed by atoms with Crippen LogP contribution in [0.1, 0.15) is 30.2 Å². The normalized spacial score (nSPS) is 23.0. The smallest absolute Gasteiger partial charge is 0.307 e. The number of carbonyl (C=O) groups is 1. The summed E-state index contributed by atoms with van der Waals surface area (Å²) in [5.41, 5.74) is 3.40. The summed E-state index contributed by atoms with van der Waals surface area (Å²) in [6.45, 7) is 8.52. The van der Waals surface area contributed by atoms with Crippen LogP contribution in [0.3, 0.4) is 0 Å². The molecule has 1 aromatic heterocycles. The second kappa shape index (κ2) is 5.76. The van der Waals surface area contributed by atoms with Gasteiger partial charge in [-0.25, -0.2) is 0 Å². The summed E-state index contributed by atoms with van der Waals surface area (Å²) >= 11 is 0. The van der Waals surface area contributed by atoms with Gasteiger partial charge in [0.15, 0.2) is 0 Å². The number of hydrogen-bond acceptors (Lipinski definition) is 3. The molecule has 0 amide bonds. The number of carboxylic acid groups (broad SMARTS) is 1. The van der Waals surface area contributed by atoms with E-state index in [9.17, 15) is 9.90 Å². The highest BCUT2D eigenvalue weighted by molar-refractivity contribution is 5.79. The van der Waals surface area contributed by atoms with Crippen molar-refractivity contribution in [2.75, 3.05) is 13.1 Å². The summed E-state index contributed by atoms with van der Waals surface area (Å²) in [5, 5.41) is 10.4. The number of piperidine rings is 1. The topological polar surface area (TPSA) is 53.7 Å². The van der Waals surface area contributed by atoms with E-state index < -0.39 is 5.97 Å². The van der Waals surface area contributed by atoms with Gasteiger partial charge in [-0.1, -0.05) is 6.92 Å². The Kier molecular flexibility index (Phi) is 3.96. The number of aryl methyl sites for hydroxylation is 2. The first kappa shape index (κ1) is 15.1. The van der Waals surface area contributed by atoms with E-state index in [4.69, 9.17) is 4.42 Å². The highest BCUT2D eigenvalue weighted by atomic mass is 16.4. The summed E-state index contributed by atoms with van der Waals surface area (Å²) in [7, 11) is 0. The third-order valence-electron chi connectivity index (χ3n) is 4.65. The molecular weight excluding hydrogens is 278 g/mol. The van der Waals surface area contributed by atoms with Crippen molar-refractivity contribution in [3.63, 3.8) is 0 Å². The molecule has 4 nitrogen and oxygen atoms in total. The van der Waals surface area contributed by atoms with E-state index in [0.29, 0.717) is 19.0 Å². The van der Waals surface area contributed by atoms with E-state index in [1.807, 2.05) is 0 Å². The van der Waals surface area contributed by atoms with Gasteiger partial charge < -0.3 is 9.52 Å². The van der Waals surface area contributed by atoms with Gasteiger partial charge in [-0.15, -0.1) is 0 Å². The zero-order valence-corrected chi connectivity index (χ0v) is 13.4. The van der Waals surface area contributed by atoms with Crippen LogP contribution in [-0.4, -0.2) is 29.1 Å². The van der Waals surface area contributed by atoms with E-state index in [2.05, 4.69) is 43.9 Å². The summed E-state index contributed by atoms with van der Waals surface area (Å²) < 4.78 is 5.95. The van der Waals surface area contributed by atoms with Crippen molar-refractivity contribution in [2.24, 2.45) is 11.8 Å². The average molecular weight is 301 g/mol. The first-order valence-corrected chi connectivity index (χ1v) is 7.87. The quantitative estimate of drug-likeness (QED) is 0.941. The first-order valence-electron chi connectivity index (χ1n) is 7.87. The molecule has 2 heterocycles. The minimum absolute atomic E-state index is 0.266. The number of hydrogen-bond donors (Lipinski definition) is 1. The molecule has 1 saturated heterocycles. The molecule has 2 unspecified atom stereocenters. The number of carboxylic acids is 1. The highest BCUT2D eigenvalue weighted by Crippen LogP contribution is 2.27. The molecule has 0 bridgehead atoms. The molecule has 4 heteroatoms. The molecule has 118 valence electrons. The Morgan fingerprint density at radius 2 is 2.00 bits per heavy atom. The molecule has 0 radical (unpaired) electrons. The predicted octanol–water partition coefficient (Wildman–Crippen LogP) is 3.59.